The van der Waals surface area contributed by atoms with Crippen molar-refractivity contribution in [3.63, 3.8) is 0 Å². The predicted octanol–water partition coefficient (Wildman–Crippen LogP) is 2.30. The van der Waals surface area contributed by atoms with Crippen molar-refractivity contribution < 1.29 is 0 Å². The van der Waals surface area contributed by atoms with E-state index in [0.29, 0.717) is 0 Å². The summed E-state index contributed by atoms with van der Waals surface area (Å²) >= 11 is 0. The molecule has 1 aliphatic heterocycles. The van der Waals surface area contributed by atoms with Crippen molar-refractivity contribution in [2.45, 2.75) is 51.0 Å². The fraction of sp³-hybridized carbons (Fsp3) is 0.846. The highest BCUT2D eigenvalue weighted by atomic mass is 15.1. The van der Waals surface area contributed by atoms with Crippen LogP contribution in [0.15, 0.2) is 11.6 Å². The third-order valence-corrected chi connectivity index (χ3v) is 3.91. The molecule has 0 amide bonds. The standard InChI is InChI=1S/C13H24N2/c1-12-5-9-15(10-6-12)11-13(14)7-3-2-4-8-13/h5H,2-4,6-11,14H2,1H3. The SMILES string of the molecule is CC1=CCN(CC2(N)CCCCC2)CC1. The number of rotatable bonds is 2. The van der Waals surface area contributed by atoms with Crippen LogP contribution in [0.4, 0.5) is 0 Å². The zero-order valence-corrected chi connectivity index (χ0v) is 9.97. The van der Waals surface area contributed by atoms with Crippen LogP contribution < -0.4 is 5.73 Å². The molecule has 86 valence electrons. The molecule has 2 heteroatoms. The molecular formula is C13H24N2. The van der Waals surface area contributed by atoms with Crippen LogP contribution in [-0.2, 0) is 0 Å². The van der Waals surface area contributed by atoms with Gasteiger partial charge in [-0.25, -0.2) is 0 Å². The quantitative estimate of drug-likeness (QED) is 0.706. The fourth-order valence-electron chi connectivity index (χ4n) is 2.82. The Morgan fingerprint density at radius 2 is 2.07 bits per heavy atom. The molecule has 0 saturated heterocycles. The highest BCUT2D eigenvalue weighted by molar-refractivity contribution is 5.05. The first-order valence-electron chi connectivity index (χ1n) is 6.35. The molecule has 0 bridgehead atoms. The van der Waals surface area contributed by atoms with E-state index in [1.165, 1.54) is 45.1 Å². The second kappa shape index (κ2) is 4.67. The molecule has 0 aromatic heterocycles. The van der Waals surface area contributed by atoms with E-state index in [9.17, 15) is 0 Å². The van der Waals surface area contributed by atoms with Crippen molar-refractivity contribution in [3.05, 3.63) is 11.6 Å². The van der Waals surface area contributed by atoms with E-state index in [1.807, 2.05) is 0 Å². The lowest BCUT2D eigenvalue weighted by atomic mass is 9.82. The molecule has 1 aliphatic carbocycles. The van der Waals surface area contributed by atoms with Gasteiger partial charge in [-0.05, 0) is 26.2 Å². The zero-order valence-electron chi connectivity index (χ0n) is 9.97. The summed E-state index contributed by atoms with van der Waals surface area (Å²) < 4.78 is 0. The Kier molecular flexibility index (Phi) is 3.47. The number of nitrogens with zero attached hydrogens (tertiary/aromatic N) is 1. The lowest BCUT2D eigenvalue weighted by molar-refractivity contribution is 0.181. The molecule has 2 aliphatic rings. The summed E-state index contributed by atoms with van der Waals surface area (Å²) in [5.74, 6) is 0. The summed E-state index contributed by atoms with van der Waals surface area (Å²) in [7, 11) is 0. The molecule has 1 heterocycles. The Hall–Kier alpha value is -0.340. The van der Waals surface area contributed by atoms with Crippen LogP contribution in [0, 0.1) is 0 Å². The Balaban J connectivity index is 1.85. The molecule has 1 fully saturated rings. The summed E-state index contributed by atoms with van der Waals surface area (Å²) in [5.41, 5.74) is 8.13. The van der Waals surface area contributed by atoms with Gasteiger partial charge in [-0.2, -0.15) is 0 Å². The van der Waals surface area contributed by atoms with E-state index < -0.39 is 0 Å². The van der Waals surface area contributed by atoms with Gasteiger partial charge >= 0.3 is 0 Å². The highest BCUT2D eigenvalue weighted by Crippen LogP contribution is 2.27. The molecule has 0 spiro atoms. The summed E-state index contributed by atoms with van der Waals surface area (Å²) in [6, 6.07) is 0. The van der Waals surface area contributed by atoms with Crippen LogP contribution in [-0.4, -0.2) is 30.1 Å². The molecular weight excluding hydrogens is 184 g/mol. The Bertz CT molecular complexity index is 239. The highest BCUT2D eigenvalue weighted by Gasteiger charge is 2.29. The molecule has 2 nitrogen and oxygen atoms in total. The zero-order chi connectivity index (χ0) is 10.7. The minimum absolute atomic E-state index is 0.122. The second-order valence-corrected chi connectivity index (χ2v) is 5.46. The molecule has 1 saturated carbocycles. The van der Waals surface area contributed by atoms with Crippen LogP contribution >= 0.6 is 0 Å². The molecule has 15 heavy (non-hydrogen) atoms. The third-order valence-electron chi connectivity index (χ3n) is 3.91. The number of nitrogens with two attached hydrogens (primary N) is 1. The maximum absolute atomic E-state index is 6.46. The van der Waals surface area contributed by atoms with Gasteiger partial charge in [-0.15, -0.1) is 0 Å². The van der Waals surface area contributed by atoms with Crippen molar-refractivity contribution in [1.29, 1.82) is 0 Å². The van der Waals surface area contributed by atoms with Gasteiger partial charge in [0.1, 0.15) is 0 Å². The van der Waals surface area contributed by atoms with E-state index in [2.05, 4.69) is 17.9 Å². The first kappa shape index (κ1) is 11.2. The largest absolute Gasteiger partial charge is 0.324 e. The molecule has 0 aromatic carbocycles. The third kappa shape index (κ3) is 3.05. The van der Waals surface area contributed by atoms with Crippen molar-refractivity contribution in [3.8, 4) is 0 Å². The molecule has 0 atom stereocenters. The minimum atomic E-state index is 0.122. The molecule has 0 aromatic rings. The Morgan fingerprint density at radius 3 is 2.67 bits per heavy atom. The van der Waals surface area contributed by atoms with Gasteiger partial charge in [-0.3, -0.25) is 4.90 Å². The van der Waals surface area contributed by atoms with Gasteiger partial charge in [0.05, 0.1) is 0 Å². The summed E-state index contributed by atoms with van der Waals surface area (Å²) in [4.78, 5) is 2.53. The fourth-order valence-corrected chi connectivity index (χ4v) is 2.82. The predicted molar refractivity (Wildman–Crippen MR) is 64.8 cm³/mol. The molecule has 2 rings (SSSR count). The van der Waals surface area contributed by atoms with Crippen LogP contribution in [0.5, 0.6) is 0 Å². The Morgan fingerprint density at radius 1 is 1.33 bits per heavy atom. The molecule has 2 N–H and O–H groups in total. The van der Waals surface area contributed by atoms with Crippen molar-refractivity contribution >= 4 is 0 Å². The second-order valence-electron chi connectivity index (χ2n) is 5.46. The van der Waals surface area contributed by atoms with Crippen molar-refractivity contribution in [2.24, 2.45) is 5.73 Å². The van der Waals surface area contributed by atoms with Crippen molar-refractivity contribution in [1.82, 2.24) is 4.90 Å². The molecule has 0 radical (unpaired) electrons. The van der Waals surface area contributed by atoms with E-state index >= 15 is 0 Å². The maximum atomic E-state index is 6.46. The number of hydrogen-bond donors (Lipinski definition) is 1. The smallest absolute Gasteiger partial charge is 0.0283 e. The van der Waals surface area contributed by atoms with Crippen molar-refractivity contribution in [2.75, 3.05) is 19.6 Å². The van der Waals surface area contributed by atoms with Gasteiger partial charge in [0, 0.05) is 25.2 Å². The van der Waals surface area contributed by atoms with E-state index in [0.717, 1.165) is 13.1 Å². The van der Waals surface area contributed by atoms with Gasteiger partial charge in [-0.1, -0.05) is 30.9 Å². The van der Waals surface area contributed by atoms with Gasteiger partial charge in [0.2, 0.25) is 0 Å². The summed E-state index contributed by atoms with van der Waals surface area (Å²) in [5, 5.41) is 0. The summed E-state index contributed by atoms with van der Waals surface area (Å²) in [6.45, 7) is 5.67. The van der Waals surface area contributed by atoms with Gasteiger partial charge in [0.25, 0.3) is 0 Å². The average Bonchev–Trinajstić information content (AvgIpc) is 2.22. The lowest BCUT2D eigenvalue weighted by Gasteiger charge is -2.39. The topological polar surface area (TPSA) is 29.3 Å². The van der Waals surface area contributed by atoms with Crippen LogP contribution in [0.2, 0.25) is 0 Å². The van der Waals surface area contributed by atoms with Crippen LogP contribution in [0.3, 0.4) is 0 Å². The van der Waals surface area contributed by atoms with Crippen LogP contribution in [0.25, 0.3) is 0 Å². The maximum Gasteiger partial charge on any atom is 0.0283 e. The Labute approximate surface area is 93.5 Å². The average molecular weight is 208 g/mol. The van der Waals surface area contributed by atoms with Gasteiger partial charge in [0.15, 0.2) is 0 Å². The van der Waals surface area contributed by atoms with E-state index in [1.54, 1.807) is 5.57 Å². The van der Waals surface area contributed by atoms with E-state index in [-0.39, 0.29) is 5.54 Å². The first-order valence-corrected chi connectivity index (χ1v) is 6.35. The monoisotopic (exact) mass is 208 g/mol. The van der Waals surface area contributed by atoms with Crippen LogP contribution in [0.1, 0.15) is 45.4 Å². The van der Waals surface area contributed by atoms with E-state index in [4.69, 9.17) is 5.73 Å². The minimum Gasteiger partial charge on any atom is -0.324 e. The summed E-state index contributed by atoms with van der Waals surface area (Å²) in [6.07, 6.45) is 10.1. The molecule has 0 unspecified atom stereocenters. The normalized spacial score (nSPS) is 27.5. The van der Waals surface area contributed by atoms with Gasteiger partial charge < -0.3 is 5.73 Å². The lowest BCUT2D eigenvalue weighted by Crippen LogP contribution is -2.52. The number of hydrogen-bond acceptors (Lipinski definition) is 2. The first-order chi connectivity index (χ1) is 7.18.